The molecule has 14 rings (SSSR count). The molecule has 140 heavy (non-hydrogen) atoms. The largest absolute Gasteiger partial charge is 0.459 e. The molecule has 0 spiro atoms. The van der Waals surface area contributed by atoms with Gasteiger partial charge in [-0.1, -0.05) is 72.4 Å². The summed E-state index contributed by atoms with van der Waals surface area (Å²) in [5.41, 5.74) is 9.63. The van der Waals surface area contributed by atoms with Crippen LogP contribution in [-0.4, -0.2) is 240 Å². The lowest BCUT2D eigenvalue weighted by molar-refractivity contribution is -0.179. The summed E-state index contributed by atoms with van der Waals surface area (Å²) in [6.45, 7) is 19.9. The molecule has 8 saturated carbocycles. The Morgan fingerprint density at radius 1 is 0.479 bits per heavy atom. The van der Waals surface area contributed by atoms with Crippen LogP contribution in [0.5, 0.6) is 0 Å². The number of rotatable bonds is 25. The average Bonchev–Trinajstić information content (AvgIpc) is 1.44. The molecule has 8 aliphatic carbocycles. The molecule has 13 N–H and O–H groups in total. The minimum Gasteiger partial charge on any atom is -0.459 e. The molecule has 1 amide bonds. The number of aliphatic hydroxyl groups excluding tert-OH is 3. The number of esters is 2. The Hall–Kier alpha value is -7.52. The molecule has 8 fully saturated rings. The van der Waals surface area contributed by atoms with E-state index in [1.54, 1.807) is 68.5 Å². The zero-order valence-electron chi connectivity index (χ0n) is 85.2. The Bertz CT molecular complexity index is 4390. The van der Waals surface area contributed by atoms with Gasteiger partial charge in [0.2, 0.25) is 9.05 Å². The summed E-state index contributed by atoms with van der Waals surface area (Å²) in [4.78, 5) is 59.5. The number of halogens is 1. The molecule has 36 nitrogen and oxygen atoms in total. The highest BCUT2D eigenvalue weighted by Gasteiger charge is 2.34. The lowest BCUT2D eigenvalue weighted by Gasteiger charge is -2.27. The third kappa shape index (κ3) is 56.1. The normalized spacial score (nSPS) is 23.3. The first-order valence-electron chi connectivity index (χ1n) is 49.1. The molecule has 8 aliphatic rings. The summed E-state index contributed by atoms with van der Waals surface area (Å²) in [5.74, 6) is 5.13. The minimum atomic E-state index is -3.85. The number of aliphatic hydroxyl groups is 3. The van der Waals surface area contributed by atoms with Crippen molar-refractivity contribution in [2.45, 2.75) is 406 Å². The van der Waals surface area contributed by atoms with E-state index < -0.39 is 47.3 Å². The van der Waals surface area contributed by atoms with Crippen LogP contribution in [0.15, 0.2) is 139 Å². The summed E-state index contributed by atoms with van der Waals surface area (Å²) in [5, 5.41) is 47.5. The van der Waals surface area contributed by atoms with Crippen LogP contribution >= 0.6 is 22.4 Å². The fourth-order valence-corrected chi connectivity index (χ4v) is 20.0. The molecule has 4 heterocycles. The second kappa shape index (κ2) is 67.2. The average molecular weight is 2050 g/mol. The number of thioether (sulfide) groups is 1. The van der Waals surface area contributed by atoms with Crippen LogP contribution in [0.4, 0.5) is 4.79 Å². The number of primary amides is 1. The van der Waals surface area contributed by atoms with E-state index in [2.05, 4.69) is 69.8 Å². The van der Waals surface area contributed by atoms with Crippen molar-refractivity contribution in [3.63, 3.8) is 0 Å². The Morgan fingerprint density at radius 3 is 1.13 bits per heavy atom. The van der Waals surface area contributed by atoms with E-state index in [1.165, 1.54) is 22.9 Å². The van der Waals surface area contributed by atoms with Gasteiger partial charge >= 0.3 is 18.0 Å². The quantitative estimate of drug-likeness (QED) is 0.00489. The molecule has 794 valence electrons. The van der Waals surface area contributed by atoms with Crippen molar-refractivity contribution in [2.75, 3.05) is 41.5 Å². The first-order valence-corrected chi connectivity index (χ1v) is 53.8. The van der Waals surface area contributed by atoms with Crippen molar-refractivity contribution in [3.05, 3.63) is 146 Å². The number of hydrogen-bond donors (Lipinski definition) is 9. The number of methoxy groups -OCH3 is 4. The van der Waals surface area contributed by atoms with Gasteiger partial charge in [-0.25, -0.2) is 13.2 Å². The predicted octanol–water partition coefficient (Wildman–Crippen LogP) is 16.5. The number of hydrogen-bond acceptors (Lipinski definition) is 31. The molecular formula is C100H167ClN14O22S3. The molecule has 6 aromatic rings. The maximum atomic E-state index is 11.7. The number of ether oxygens (including phenoxy) is 9. The van der Waals surface area contributed by atoms with Crippen LogP contribution < -0.4 is 28.5 Å². The first kappa shape index (κ1) is 125. The van der Waals surface area contributed by atoms with Crippen LogP contribution in [0.2, 0.25) is 0 Å². The number of nitrogens with one attached hydrogen (secondary N) is 2. The fourth-order valence-electron chi connectivity index (χ4n) is 16.8. The maximum absolute atomic E-state index is 11.7. The number of benzene rings is 2. The second-order valence-corrected chi connectivity index (χ2v) is 45.1. The summed E-state index contributed by atoms with van der Waals surface area (Å²) >= 11 is 1.51. The topological polar surface area (TPSA) is 512 Å². The Morgan fingerprint density at radius 2 is 0.814 bits per heavy atom. The zero-order chi connectivity index (χ0) is 102. The van der Waals surface area contributed by atoms with Gasteiger partial charge in [-0.3, -0.25) is 58.7 Å². The molecule has 40 heteroatoms. The first-order chi connectivity index (χ1) is 65.9. The van der Waals surface area contributed by atoms with E-state index in [4.69, 9.17) is 69.8 Å². The van der Waals surface area contributed by atoms with Crippen molar-refractivity contribution in [3.8, 4) is 0 Å². The number of hydrazine groups is 1. The molecule has 0 saturated heterocycles. The number of carbonyl (C=O) groups excluding carboxylic acids is 5. The van der Waals surface area contributed by atoms with Crippen LogP contribution in [0, 0.1) is 0 Å². The molecular weight excluding hydrogens is 1880 g/mol. The Labute approximate surface area is 840 Å². The number of nitrogens with zero attached hydrogens (tertiary/aromatic N) is 9. The standard InChI is InChI=1S/C19H27NO3.C13H16O2.C12H23NO3.C11H16N2OS.C9H13ClN2O2S.C9H14N2O3S.C9H14N2O.C7H16O4.C6H14N2O.C5H11NO2.H3N/c1-19(2,3)23-18(21)13-20-16-9-11-17(12-10-16)22-14-15-7-5-4-6-8-15;14-12-6-8-13(9-7-12)15-10-11-4-2-1-3-5-11;1-12(2,3)16-11(15)8-13-9-4-6-10(14)7-5-9;1-9(14)15-11-5-3-10(4-6-11)13-8-2-7-12-13;10-15(13,14)9-4-2-8(3-5-9)12-7-1-6-11-12;12-15(13,14)9-4-2-8(3-5-9)11-7-1-6-10-11;12-9-4-2-8(3-5-9)11-7-1-6-10-11;1-8-6(9-2)5-7(10-3)11-4;7-8-5-1-3-6(9)4-2-5;1-5(2,3)8-4(6)7;/h4-8,17H,9-14H2,1-3H3;1-5,13H,6-10H2;9-10,13-14H,4-8H2,1-3H3;2,7-8,10-11H,3-6H2,1H3;1,6-9H,2-5H2;1,6-9H,2-5H2,(H,12,13,14);1,6-9,12H,2-5H2;6-7H,5H2,1-4H3;5-6,8-9H,1-4,7H2;1-3H3,(H2,6,7);1H3. The van der Waals surface area contributed by atoms with E-state index in [9.17, 15) is 51.0 Å². The van der Waals surface area contributed by atoms with Gasteiger partial charge in [-0.05, 0) is 290 Å². The van der Waals surface area contributed by atoms with Gasteiger partial charge in [0.1, 0.15) is 29.1 Å². The second-order valence-electron chi connectivity index (χ2n) is 39.0. The highest BCUT2D eigenvalue weighted by atomic mass is 35.7. The number of aromatic nitrogens is 8. The van der Waals surface area contributed by atoms with Gasteiger partial charge in [0.25, 0.3) is 10.1 Å². The summed E-state index contributed by atoms with van der Waals surface area (Å²) < 4.78 is 107. The third-order valence-electron chi connectivity index (χ3n) is 24.3. The van der Waals surface area contributed by atoms with Crippen LogP contribution in [-0.2, 0) is 94.2 Å². The van der Waals surface area contributed by atoms with Gasteiger partial charge in [0, 0.05) is 138 Å². The smallest absolute Gasteiger partial charge is 0.405 e. The fraction of sp³-hybridized carbons (Fsp3) is 0.700. The van der Waals surface area contributed by atoms with Crippen LogP contribution in [0.25, 0.3) is 0 Å². The van der Waals surface area contributed by atoms with Crippen molar-refractivity contribution in [1.29, 1.82) is 0 Å². The van der Waals surface area contributed by atoms with E-state index in [0.29, 0.717) is 99.4 Å². The molecule has 2 aromatic carbocycles. The van der Waals surface area contributed by atoms with Crippen molar-refractivity contribution in [2.24, 2.45) is 16.6 Å². The summed E-state index contributed by atoms with van der Waals surface area (Å²) in [6, 6.07) is 30.5. The SMILES string of the molecule is CC(=O)SC1CCC(n2cccn2)CC1.CC(C)(C)OC(=O)CN=C1CCC(OCc2ccccc2)CC1.CC(C)(C)OC(=O)CNC1CCC(O)CC1.CC(C)(C)OC(N)=O.COC(CC(OC)OC)OC.N.NNC1CCC(O)CC1.O=C1CCC(OCc2ccccc2)CC1.O=S(=O)(Cl)C1CCC(n2cccn2)CC1.O=S(=O)(O)C1CCC(n2cccn2)CC1.OC1CCC(n2cccn2)CC1. The van der Waals surface area contributed by atoms with Crippen LogP contribution in [0.1, 0.15) is 316 Å². The number of aliphatic imine (C=N–C) groups is 1. The summed E-state index contributed by atoms with van der Waals surface area (Å²) in [6.07, 6.45) is 42.8. The van der Waals surface area contributed by atoms with E-state index >= 15 is 0 Å². The molecule has 0 radical (unpaired) electrons. The number of carbonyl (C=O) groups is 5. The van der Waals surface area contributed by atoms with E-state index in [0.717, 1.165) is 173 Å². The van der Waals surface area contributed by atoms with Gasteiger partial charge in [-0.2, -0.15) is 28.8 Å². The van der Waals surface area contributed by atoms with Gasteiger partial charge in [0.15, 0.2) is 17.7 Å². The van der Waals surface area contributed by atoms with Crippen molar-refractivity contribution in [1.82, 2.24) is 56.0 Å². The maximum Gasteiger partial charge on any atom is 0.405 e. The monoisotopic (exact) mass is 2050 g/mol. The van der Waals surface area contributed by atoms with E-state index in [1.807, 2.05) is 153 Å². The Kier molecular flexibility index (Phi) is 59.9. The van der Waals surface area contributed by atoms with E-state index in [-0.39, 0.29) is 90.7 Å². The zero-order valence-corrected chi connectivity index (χ0v) is 88.4. The lowest BCUT2D eigenvalue weighted by atomic mass is 9.93. The van der Waals surface area contributed by atoms with Crippen molar-refractivity contribution >= 4 is 76.3 Å². The van der Waals surface area contributed by atoms with Gasteiger partial charge in [0.05, 0.1) is 84.9 Å². The minimum absolute atomic E-state index is 0. The van der Waals surface area contributed by atoms with Crippen LogP contribution in [0.3, 0.4) is 0 Å². The number of ketones is 1. The van der Waals surface area contributed by atoms with Gasteiger partial charge in [-0.15, -0.1) is 0 Å². The van der Waals surface area contributed by atoms with Crippen molar-refractivity contribution < 1.29 is 103 Å². The summed E-state index contributed by atoms with van der Waals surface area (Å²) in [7, 11) is 4.43. The third-order valence-corrected chi connectivity index (χ3v) is 28.8. The number of amides is 1. The highest BCUT2D eigenvalue weighted by Crippen LogP contribution is 2.37. The molecule has 0 unspecified atom stereocenters. The molecule has 4 aromatic heterocycles. The predicted molar refractivity (Wildman–Crippen MR) is 544 cm³/mol. The lowest BCUT2D eigenvalue weighted by Crippen LogP contribution is -2.39. The number of Topliss-reactive ketones (excluding diaryl/α,β-unsaturated/α-hetero) is 1. The molecule has 0 atom stereocenters. The van der Waals surface area contributed by atoms with Gasteiger partial charge < -0.3 is 75.2 Å². The highest BCUT2D eigenvalue weighted by molar-refractivity contribution is 8.14. The molecule has 0 aliphatic heterocycles. The number of nitrogens with two attached hydrogens (primary N) is 2. The molecule has 0 bridgehead atoms. The Balaban J connectivity index is 0.000000328.